The monoisotopic (exact) mass is 369 g/mol. The van der Waals surface area contributed by atoms with E-state index in [0.29, 0.717) is 12.0 Å². The maximum Gasteiger partial charge on any atom is 0.329 e. The summed E-state index contributed by atoms with van der Waals surface area (Å²) in [5.74, 6) is -0.273. The number of hydrogen-bond donors (Lipinski definition) is 1. The molecule has 5 nitrogen and oxygen atoms in total. The molecule has 0 aliphatic carbocycles. The highest BCUT2D eigenvalue weighted by molar-refractivity contribution is 6.01. The average Bonchev–Trinajstić information content (AvgIpc) is 2.71. The third-order valence-corrected chi connectivity index (χ3v) is 4.35. The van der Waals surface area contributed by atoms with Gasteiger partial charge in [-0.2, -0.15) is 0 Å². The molecule has 2 rings (SSSR count). The van der Waals surface area contributed by atoms with Crippen LogP contribution >= 0.6 is 0 Å². The number of nitrogens with one attached hydrogen (secondary N) is 1. The van der Waals surface area contributed by atoms with Crippen molar-refractivity contribution in [3.05, 3.63) is 60.2 Å². The first-order valence-corrected chi connectivity index (χ1v) is 9.27. The largest absolute Gasteiger partial charge is 0.497 e. The first-order valence-electron chi connectivity index (χ1n) is 9.27. The van der Waals surface area contributed by atoms with E-state index in [9.17, 15) is 9.59 Å². The molecule has 5 heteroatoms. The van der Waals surface area contributed by atoms with Crippen molar-refractivity contribution in [3.8, 4) is 5.75 Å². The van der Waals surface area contributed by atoms with E-state index in [1.807, 2.05) is 37.3 Å². The van der Waals surface area contributed by atoms with Crippen molar-refractivity contribution in [2.45, 2.75) is 32.7 Å². The van der Waals surface area contributed by atoms with Gasteiger partial charge in [0.2, 0.25) is 0 Å². The number of rotatable bonds is 10. The van der Waals surface area contributed by atoms with Crippen LogP contribution in [0.1, 0.15) is 37.0 Å². The summed E-state index contributed by atoms with van der Waals surface area (Å²) in [7, 11) is 1.60. The molecule has 0 aliphatic heterocycles. The topological polar surface area (TPSA) is 64.6 Å². The summed E-state index contributed by atoms with van der Waals surface area (Å²) in [6.45, 7) is 4.02. The van der Waals surface area contributed by atoms with Gasteiger partial charge in [0.15, 0.2) is 5.78 Å². The van der Waals surface area contributed by atoms with Crippen molar-refractivity contribution in [3.63, 3.8) is 0 Å². The molecule has 27 heavy (non-hydrogen) atoms. The van der Waals surface area contributed by atoms with E-state index in [0.717, 1.165) is 17.9 Å². The smallest absolute Gasteiger partial charge is 0.329 e. The Balaban J connectivity index is 2.32. The minimum absolute atomic E-state index is 0.0588. The molecule has 0 saturated carbocycles. The summed E-state index contributed by atoms with van der Waals surface area (Å²) >= 11 is 0. The Labute approximate surface area is 160 Å². The predicted octanol–water partition coefficient (Wildman–Crippen LogP) is 4.34. The summed E-state index contributed by atoms with van der Waals surface area (Å²) in [5, 5.41) is 3.20. The molecule has 0 radical (unpaired) electrons. The van der Waals surface area contributed by atoms with Crippen LogP contribution in [0.2, 0.25) is 0 Å². The van der Waals surface area contributed by atoms with Crippen LogP contribution in [0.15, 0.2) is 54.6 Å². The van der Waals surface area contributed by atoms with Crippen molar-refractivity contribution in [1.29, 1.82) is 0 Å². The van der Waals surface area contributed by atoms with E-state index < -0.39 is 17.9 Å². The van der Waals surface area contributed by atoms with Crippen LogP contribution < -0.4 is 10.1 Å². The van der Waals surface area contributed by atoms with Gasteiger partial charge in [-0.15, -0.1) is 0 Å². The minimum atomic E-state index is -0.758. The molecular formula is C22H27NO4. The quantitative estimate of drug-likeness (QED) is 0.499. The van der Waals surface area contributed by atoms with Crippen molar-refractivity contribution < 1.29 is 19.1 Å². The standard InChI is InChI=1S/C22H27NO4/c1-4-9-19(21(24)16-10-7-6-8-11-16)20(22(25)27-5-2)23-17-12-14-18(26-3)15-13-17/h6-8,10-15,19-20,23H,4-5,9H2,1-3H3. The Morgan fingerprint density at radius 3 is 2.22 bits per heavy atom. The number of carbonyl (C=O) groups excluding carboxylic acids is 2. The molecular weight excluding hydrogens is 342 g/mol. The first kappa shape index (κ1) is 20.5. The Morgan fingerprint density at radius 1 is 1.00 bits per heavy atom. The second kappa shape index (κ2) is 10.4. The number of ether oxygens (including phenoxy) is 2. The molecule has 2 unspecified atom stereocenters. The maximum absolute atomic E-state index is 13.1. The SMILES string of the molecule is CCCC(C(=O)c1ccccc1)C(Nc1ccc(OC)cc1)C(=O)OCC. The lowest BCUT2D eigenvalue weighted by Crippen LogP contribution is -2.42. The zero-order chi connectivity index (χ0) is 19.6. The molecule has 0 fully saturated rings. The van der Waals surface area contributed by atoms with Crippen molar-refractivity contribution in [1.82, 2.24) is 0 Å². The van der Waals surface area contributed by atoms with E-state index in [-0.39, 0.29) is 12.4 Å². The van der Waals surface area contributed by atoms with Crippen LogP contribution in [0, 0.1) is 5.92 Å². The van der Waals surface area contributed by atoms with Gasteiger partial charge in [0.05, 0.1) is 19.6 Å². The van der Waals surface area contributed by atoms with Crippen LogP contribution in [-0.2, 0) is 9.53 Å². The molecule has 2 aromatic rings. The van der Waals surface area contributed by atoms with Crippen LogP contribution in [0.5, 0.6) is 5.75 Å². The summed E-state index contributed by atoms with van der Waals surface area (Å²) in [6.07, 6.45) is 1.36. The zero-order valence-corrected chi connectivity index (χ0v) is 16.1. The van der Waals surface area contributed by atoms with Crippen molar-refractivity contribution in [2.75, 3.05) is 19.0 Å². The molecule has 2 aromatic carbocycles. The molecule has 0 spiro atoms. The third kappa shape index (κ3) is 5.58. The van der Waals surface area contributed by atoms with Crippen molar-refractivity contribution in [2.24, 2.45) is 5.92 Å². The second-order valence-corrected chi connectivity index (χ2v) is 6.23. The lowest BCUT2D eigenvalue weighted by atomic mass is 9.86. The van der Waals surface area contributed by atoms with E-state index in [1.54, 1.807) is 38.3 Å². The predicted molar refractivity (Wildman–Crippen MR) is 106 cm³/mol. The summed E-state index contributed by atoms with van der Waals surface area (Å²) in [4.78, 5) is 25.8. The zero-order valence-electron chi connectivity index (χ0n) is 16.1. The Bertz CT molecular complexity index is 728. The number of ketones is 1. The fourth-order valence-electron chi connectivity index (χ4n) is 3.00. The molecule has 0 bridgehead atoms. The molecule has 0 aromatic heterocycles. The fraction of sp³-hybridized carbons (Fsp3) is 0.364. The summed E-state index contributed by atoms with van der Waals surface area (Å²) in [6, 6.07) is 15.6. The van der Waals surface area contributed by atoms with Crippen LogP contribution in [0.4, 0.5) is 5.69 Å². The Kier molecular flexibility index (Phi) is 7.86. The highest BCUT2D eigenvalue weighted by atomic mass is 16.5. The molecule has 0 amide bonds. The van der Waals surface area contributed by atoms with Crippen molar-refractivity contribution >= 4 is 17.4 Å². The molecule has 0 aliphatic rings. The minimum Gasteiger partial charge on any atom is -0.497 e. The molecule has 2 atom stereocenters. The fourth-order valence-corrected chi connectivity index (χ4v) is 3.00. The Hall–Kier alpha value is -2.82. The third-order valence-electron chi connectivity index (χ3n) is 4.35. The van der Waals surface area contributed by atoms with Gasteiger partial charge in [-0.25, -0.2) is 4.79 Å². The molecule has 0 heterocycles. The number of methoxy groups -OCH3 is 1. The number of esters is 1. The van der Waals surface area contributed by atoms with E-state index in [2.05, 4.69) is 5.32 Å². The highest BCUT2D eigenvalue weighted by Crippen LogP contribution is 2.24. The second-order valence-electron chi connectivity index (χ2n) is 6.23. The molecule has 144 valence electrons. The van der Waals surface area contributed by atoms with Gasteiger partial charge in [0.1, 0.15) is 11.8 Å². The van der Waals surface area contributed by atoms with E-state index in [4.69, 9.17) is 9.47 Å². The van der Waals surface area contributed by atoms with E-state index in [1.165, 1.54) is 0 Å². The Morgan fingerprint density at radius 2 is 1.67 bits per heavy atom. The van der Waals surface area contributed by atoms with Gasteiger partial charge in [-0.3, -0.25) is 4.79 Å². The van der Waals surface area contributed by atoms with Crippen LogP contribution in [-0.4, -0.2) is 31.5 Å². The highest BCUT2D eigenvalue weighted by Gasteiger charge is 2.34. The van der Waals surface area contributed by atoms with Crippen LogP contribution in [0.3, 0.4) is 0 Å². The number of hydrogen-bond acceptors (Lipinski definition) is 5. The lowest BCUT2D eigenvalue weighted by Gasteiger charge is -2.26. The number of anilines is 1. The lowest BCUT2D eigenvalue weighted by molar-refractivity contribution is -0.145. The van der Waals surface area contributed by atoms with Gasteiger partial charge >= 0.3 is 5.97 Å². The van der Waals surface area contributed by atoms with Gasteiger partial charge in [0.25, 0.3) is 0 Å². The summed E-state index contributed by atoms with van der Waals surface area (Å²) < 4.78 is 10.4. The van der Waals surface area contributed by atoms with Gasteiger partial charge in [-0.1, -0.05) is 43.7 Å². The van der Waals surface area contributed by atoms with Gasteiger partial charge in [-0.05, 0) is 37.6 Å². The average molecular weight is 369 g/mol. The normalized spacial score (nSPS) is 12.7. The number of Topliss-reactive ketones (excluding diaryl/α,β-unsaturated/α-hetero) is 1. The van der Waals surface area contributed by atoms with Crippen LogP contribution in [0.25, 0.3) is 0 Å². The first-order chi connectivity index (χ1) is 13.1. The molecule has 0 saturated heterocycles. The number of carbonyl (C=O) groups is 2. The maximum atomic E-state index is 13.1. The summed E-state index contributed by atoms with van der Waals surface area (Å²) in [5.41, 5.74) is 1.33. The van der Waals surface area contributed by atoms with Gasteiger partial charge < -0.3 is 14.8 Å². The van der Waals surface area contributed by atoms with Gasteiger partial charge in [0, 0.05) is 11.3 Å². The number of benzene rings is 2. The molecule has 1 N–H and O–H groups in total. The van der Waals surface area contributed by atoms with E-state index >= 15 is 0 Å².